The van der Waals surface area contributed by atoms with Crippen LogP contribution in [0.5, 0.6) is 0 Å². The van der Waals surface area contributed by atoms with Gasteiger partial charge in [0.05, 0.1) is 6.04 Å². The quantitative estimate of drug-likeness (QED) is 0.899. The fourth-order valence-electron chi connectivity index (χ4n) is 2.50. The van der Waals surface area contributed by atoms with E-state index in [4.69, 9.17) is 0 Å². The van der Waals surface area contributed by atoms with E-state index in [0.29, 0.717) is 0 Å². The van der Waals surface area contributed by atoms with Crippen LogP contribution in [0.2, 0.25) is 0 Å². The second-order valence-electron chi connectivity index (χ2n) is 5.15. The Morgan fingerprint density at radius 3 is 2.47 bits per heavy atom. The fraction of sp³-hybridized carbons (Fsp3) is 0.353. The lowest BCUT2D eigenvalue weighted by molar-refractivity contribution is 0.625. The van der Waals surface area contributed by atoms with Gasteiger partial charge in [0.2, 0.25) is 0 Å². The Morgan fingerprint density at radius 1 is 1.05 bits per heavy atom. The van der Waals surface area contributed by atoms with Crippen LogP contribution < -0.4 is 5.32 Å². The topological polar surface area (TPSA) is 24.9 Å². The van der Waals surface area contributed by atoms with Crippen LogP contribution in [0.25, 0.3) is 0 Å². The largest absolute Gasteiger partial charge is 0.306 e. The second kappa shape index (κ2) is 5.98. The van der Waals surface area contributed by atoms with Gasteiger partial charge in [-0.1, -0.05) is 36.8 Å². The van der Waals surface area contributed by atoms with E-state index in [0.717, 1.165) is 6.54 Å². The maximum absolute atomic E-state index is 4.32. The summed E-state index contributed by atoms with van der Waals surface area (Å²) in [7, 11) is 0. The monoisotopic (exact) mass is 254 g/mol. The molecule has 1 heterocycles. The van der Waals surface area contributed by atoms with E-state index in [1.54, 1.807) is 0 Å². The standard InChI is InChI=1S/C17H22N2/c1-5-19-17(15-9-13(3)10-18-11-15)16-7-6-12(2)8-14(16)4/h6-11,17,19H,5H2,1-4H3. The molecular formula is C17H22N2. The van der Waals surface area contributed by atoms with Gasteiger partial charge in [-0.05, 0) is 49.6 Å². The van der Waals surface area contributed by atoms with Crippen molar-refractivity contribution in [3.63, 3.8) is 0 Å². The summed E-state index contributed by atoms with van der Waals surface area (Å²) in [5, 5.41) is 3.56. The SMILES string of the molecule is CCNC(c1cncc(C)c1)c1ccc(C)cc1C. The van der Waals surface area contributed by atoms with Gasteiger partial charge in [0.25, 0.3) is 0 Å². The first kappa shape index (κ1) is 13.8. The van der Waals surface area contributed by atoms with Crippen molar-refractivity contribution >= 4 is 0 Å². The number of aryl methyl sites for hydroxylation is 3. The molecule has 2 nitrogen and oxygen atoms in total. The molecule has 0 saturated heterocycles. The Bertz CT molecular complexity index is 561. The number of benzene rings is 1. The van der Waals surface area contributed by atoms with Crippen molar-refractivity contribution in [2.45, 2.75) is 33.7 Å². The summed E-state index contributed by atoms with van der Waals surface area (Å²) in [5.41, 5.74) is 6.39. The van der Waals surface area contributed by atoms with Gasteiger partial charge < -0.3 is 5.32 Å². The third kappa shape index (κ3) is 3.21. The fourth-order valence-corrected chi connectivity index (χ4v) is 2.50. The summed E-state index contributed by atoms with van der Waals surface area (Å²) in [6.07, 6.45) is 3.86. The molecule has 2 aromatic rings. The van der Waals surface area contributed by atoms with Crippen molar-refractivity contribution in [2.75, 3.05) is 6.54 Å². The smallest absolute Gasteiger partial charge is 0.0594 e. The zero-order valence-electron chi connectivity index (χ0n) is 12.2. The van der Waals surface area contributed by atoms with Gasteiger partial charge in [-0.25, -0.2) is 0 Å². The van der Waals surface area contributed by atoms with Gasteiger partial charge in [0.15, 0.2) is 0 Å². The third-order valence-electron chi connectivity index (χ3n) is 3.37. The average molecular weight is 254 g/mol. The molecule has 1 aromatic carbocycles. The maximum atomic E-state index is 4.32. The van der Waals surface area contributed by atoms with Crippen LogP contribution in [-0.2, 0) is 0 Å². The first-order valence-electron chi connectivity index (χ1n) is 6.84. The van der Waals surface area contributed by atoms with Crippen LogP contribution in [0.1, 0.15) is 40.8 Å². The molecule has 0 amide bonds. The molecule has 0 radical (unpaired) electrons. The normalized spacial score (nSPS) is 12.4. The van der Waals surface area contributed by atoms with Crippen LogP contribution in [0.15, 0.2) is 36.7 Å². The lowest BCUT2D eigenvalue weighted by atomic mass is 9.94. The van der Waals surface area contributed by atoms with Gasteiger partial charge in [-0.15, -0.1) is 0 Å². The summed E-state index contributed by atoms with van der Waals surface area (Å²) < 4.78 is 0. The molecule has 100 valence electrons. The Labute approximate surface area is 115 Å². The van der Waals surface area contributed by atoms with Crippen LogP contribution >= 0.6 is 0 Å². The molecule has 1 unspecified atom stereocenters. The minimum atomic E-state index is 0.220. The lowest BCUT2D eigenvalue weighted by Gasteiger charge is -2.21. The van der Waals surface area contributed by atoms with Crippen LogP contribution in [0.3, 0.4) is 0 Å². The Hall–Kier alpha value is -1.67. The summed E-state index contributed by atoms with van der Waals surface area (Å²) in [5.74, 6) is 0. The van der Waals surface area contributed by atoms with Crippen LogP contribution in [-0.4, -0.2) is 11.5 Å². The number of nitrogens with one attached hydrogen (secondary N) is 1. The van der Waals surface area contributed by atoms with E-state index >= 15 is 0 Å². The van der Waals surface area contributed by atoms with E-state index in [2.05, 4.69) is 62.3 Å². The molecule has 0 saturated carbocycles. The van der Waals surface area contributed by atoms with Crippen molar-refractivity contribution in [1.29, 1.82) is 0 Å². The van der Waals surface area contributed by atoms with Crippen molar-refractivity contribution in [2.24, 2.45) is 0 Å². The molecule has 2 rings (SSSR count). The molecule has 1 atom stereocenters. The molecule has 0 bridgehead atoms. The van der Waals surface area contributed by atoms with Gasteiger partial charge in [0, 0.05) is 12.4 Å². The van der Waals surface area contributed by atoms with Crippen molar-refractivity contribution < 1.29 is 0 Å². The van der Waals surface area contributed by atoms with Gasteiger partial charge >= 0.3 is 0 Å². The summed E-state index contributed by atoms with van der Waals surface area (Å²) in [6.45, 7) is 9.47. The average Bonchev–Trinajstić information content (AvgIpc) is 2.37. The lowest BCUT2D eigenvalue weighted by Crippen LogP contribution is -2.23. The van der Waals surface area contributed by atoms with E-state index in [9.17, 15) is 0 Å². The molecule has 0 fully saturated rings. The number of aromatic nitrogens is 1. The zero-order chi connectivity index (χ0) is 13.8. The predicted molar refractivity (Wildman–Crippen MR) is 80.4 cm³/mol. The Balaban J connectivity index is 2.45. The molecule has 0 aliphatic carbocycles. The minimum Gasteiger partial charge on any atom is -0.306 e. The summed E-state index contributed by atoms with van der Waals surface area (Å²) in [4.78, 5) is 4.32. The second-order valence-corrected chi connectivity index (χ2v) is 5.15. The van der Waals surface area contributed by atoms with Crippen LogP contribution in [0, 0.1) is 20.8 Å². The summed E-state index contributed by atoms with van der Waals surface area (Å²) >= 11 is 0. The highest BCUT2D eigenvalue weighted by molar-refractivity contribution is 5.38. The number of pyridine rings is 1. The van der Waals surface area contributed by atoms with E-state index < -0.39 is 0 Å². The van der Waals surface area contributed by atoms with Gasteiger partial charge in [-0.2, -0.15) is 0 Å². The number of hydrogen-bond acceptors (Lipinski definition) is 2. The van der Waals surface area contributed by atoms with Crippen molar-refractivity contribution in [1.82, 2.24) is 10.3 Å². The van der Waals surface area contributed by atoms with Gasteiger partial charge in [-0.3, -0.25) is 4.98 Å². The highest BCUT2D eigenvalue weighted by atomic mass is 14.9. The summed E-state index contributed by atoms with van der Waals surface area (Å²) in [6, 6.07) is 9.07. The molecule has 2 heteroatoms. The highest BCUT2D eigenvalue weighted by Crippen LogP contribution is 2.25. The molecule has 1 aromatic heterocycles. The zero-order valence-corrected chi connectivity index (χ0v) is 12.2. The van der Waals surface area contributed by atoms with Gasteiger partial charge in [0.1, 0.15) is 0 Å². The number of rotatable bonds is 4. The number of hydrogen-bond donors (Lipinski definition) is 1. The van der Waals surface area contributed by atoms with E-state index in [1.165, 1.54) is 27.8 Å². The van der Waals surface area contributed by atoms with Crippen molar-refractivity contribution in [3.8, 4) is 0 Å². The Morgan fingerprint density at radius 2 is 1.84 bits per heavy atom. The van der Waals surface area contributed by atoms with E-state index in [-0.39, 0.29) is 6.04 Å². The third-order valence-corrected chi connectivity index (χ3v) is 3.37. The first-order chi connectivity index (χ1) is 9.11. The molecule has 0 spiro atoms. The molecule has 19 heavy (non-hydrogen) atoms. The highest BCUT2D eigenvalue weighted by Gasteiger charge is 2.15. The molecule has 0 aliphatic rings. The van der Waals surface area contributed by atoms with E-state index in [1.807, 2.05) is 12.4 Å². The molecule has 0 aliphatic heterocycles. The predicted octanol–water partition coefficient (Wildman–Crippen LogP) is 3.71. The first-order valence-corrected chi connectivity index (χ1v) is 6.84. The molecule has 1 N–H and O–H groups in total. The van der Waals surface area contributed by atoms with Crippen molar-refractivity contribution in [3.05, 3.63) is 64.5 Å². The van der Waals surface area contributed by atoms with Crippen LogP contribution in [0.4, 0.5) is 0 Å². The number of nitrogens with zero attached hydrogens (tertiary/aromatic N) is 1. The minimum absolute atomic E-state index is 0.220. The Kier molecular flexibility index (Phi) is 4.33. The molecular weight excluding hydrogens is 232 g/mol. The maximum Gasteiger partial charge on any atom is 0.0594 e.